The second-order valence-corrected chi connectivity index (χ2v) is 6.93. The summed E-state index contributed by atoms with van der Waals surface area (Å²) < 4.78 is 15.8. The Kier molecular flexibility index (Phi) is 8.07. The number of ether oxygens (including phenoxy) is 3. The average Bonchev–Trinajstić information content (AvgIpc) is 2.85. The van der Waals surface area contributed by atoms with Crippen molar-refractivity contribution in [3.05, 3.63) is 77.4 Å². The van der Waals surface area contributed by atoms with E-state index in [1.165, 1.54) is 26.5 Å². The van der Waals surface area contributed by atoms with Gasteiger partial charge in [0.05, 0.1) is 38.3 Å². The SMILES string of the molecule is CCOc1cc(/C=N/NC(=O)c2ccccc2NC(=O)c2ccc(OC)c(OC)c2)ccc1O. The van der Waals surface area contributed by atoms with Crippen LogP contribution in [0.5, 0.6) is 23.0 Å². The van der Waals surface area contributed by atoms with E-state index in [9.17, 15) is 14.7 Å². The van der Waals surface area contributed by atoms with Crippen LogP contribution in [-0.2, 0) is 0 Å². The molecule has 3 N–H and O–H groups in total. The molecule has 0 atom stereocenters. The number of hydrazone groups is 1. The van der Waals surface area contributed by atoms with Crippen molar-refractivity contribution in [1.29, 1.82) is 0 Å². The molecule has 0 radical (unpaired) electrons. The minimum atomic E-state index is -0.511. The van der Waals surface area contributed by atoms with E-state index in [1.807, 2.05) is 6.92 Å². The molecule has 0 bridgehead atoms. The Balaban J connectivity index is 1.72. The first-order valence-electron chi connectivity index (χ1n) is 10.4. The third-order valence-electron chi connectivity index (χ3n) is 4.73. The molecule has 9 heteroatoms. The number of nitrogens with one attached hydrogen (secondary N) is 2. The number of carbonyl (C=O) groups excluding carboxylic acids is 2. The van der Waals surface area contributed by atoms with Gasteiger partial charge in [0.25, 0.3) is 11.8 Å². The fraction of sp³-hybridized carbons (Fsp3) is 0.160. The fourth-order valence-corrected chi connectivity index (χ4v) is 3.07. The molecule has 0 aliphatic heterocycles. The number of benzene rings is 3. The van der Waals surface area contributed by atoms with Crippen molar-refractivity contribution >= 4 is 23.7 Å². The molecule has 3 rings (SSSR count). The normalized spacial score (nSPS) is 10.6. The number of hydrogen-bond acceptors (Lipinski definition) is 7. The van der Waals surface area contributed by atoms with E-state index < -0.39 is 11.8 Å². The van der Waals surface area contributed by atoms with Gasteiger partial charge in [-0.2, -0.15) is 5.10 Å². The van der Waals surface area contributed by atoms with Crippen LogP contribution in [0.15, 0.2) is 65.8 Å². The van der Waals surface area contributed by atoms with E-state index in [0.29, 0.717) is 40.7 Å². The summed E-state index contributed by atoms with van der Waals surface area (Å²) in [7, 11) is 2.99. The Bertz CT molecular complexity index is 1210. The Hall–Kier alpha value is -4.53. The second-order valence-electron chi connectivity index (χ2n) is 6.93. The summed E-state index contributed by atoms with van der Waals surface area (Å²) in [6, 6.07) is 16.1. The van der Waals surface area contributed by atoms with Gasteiger partial charge in [-0.15, -0.1) is 0 Å². The monoisotopic (exact) mass is 463 g/mol. The number of phenols is 1. The number of rotatable bonds is 9. The third kappa shape index (κ3) is 5.83. The lowest BCUT2D eigenvalue weighted by Gasteiger charge is -2.12. The molecule has 3 aromatic rings. The van der Waals surface area contributed by atoms with Crippen LogP contribution in [0, 0.1) is 0 Å². The van der Waals surface area contributed by atoms with Crippen molar-refractivity contribution in [3.63, 3.8) is 0 Å². The standard InChI is InChI=1S/C25H25N3O6/c1-4-34-22-13-16(9-11-20(22)29)15-26-28-25(31)18-7-5-6-8-19(18)27-24(30)17-10-12-21(32-2)23(14-17)33-3/h5-15,29H,4H2,1-3H3,(H,27,30)(H,28,31)/b26-15+. The molecular weight excluding hydrogens is 438 g/mol. The van der Waals surface area contributed by atoms with E-state index in [1.54, 1.807) is 54.6 Å². The highest BCUT2D eigenvalue weighted by atomic mass is 16.5. The van der Waals surface area contributed by atoms with Gasteiger partial charge in [-0.25, -0.2) is 5.43 Å². The summed E-state index contributed by atoms with van der Waals surface area (Å²) in [5, 5.41) is 16.5. The largest absolute Gasteiger partial charge is 0.504 e. The molecule has 0 fully saturated rings. The Morgan fingerprint density at radius 2 is 1.71 bits per heavy atom. The molecule has 34 heavy (non-hydrogen) atoms. The van der Waals surface area contributed by atoms with E-state index in [4.69, 9.17) is 14.2 Å². The lowest BCUT2D eigenvalue weighted by Crippen LogP contribution is -2.21. The number of methoxy groups -OCH3 is 2. The van der Waals surface area contributed by atoms with Crippen LogP contribution in [0.2, 0.25) is 0 Å². The Labute approximate surface area is 197 Å². The van der Waals surface area contributed by atoms with Crippen LogP contribution in [0.25, 0.3) is 0 Å². The molecule has 0 aromatic heterocycles. The molecular formula is C25H25N3O6. The molecule has 2 amide bonds. The zero-order valence-electron chi connectivity index (χ0n) is 19.0. The average molecular weight is 463 g/mol. The molecule has 0 saturated heterocycles. The molecule has 0 unspecified atom stereocenters. The number of anilines is 1. The second kappa shape index (κ2) is 11.4. The number of para-hydroxylation sites is 1. The van der Waals surface area contributed by atoms with Crippen molar-refractivity contribution < 1.29 is 28.9 Å². The molecule has 9 nitrogen and oxygen atoms in total. The van der Waals surface area contributed by atoms with E-state index in [2.05, 4.69) is 15.8 Å². The van der Waals surface area contributed by atoms with Crippen LogP contribution >= 0.6 is 0 Å². The Morgan fingerprint density at radius 3 is 2.44 bits per heavy atom. The summed E-state index contributed by atoms with van der Waals surface area (Å²) in [6.07, 6.45) is 1.42. The molecule has 0 heterocycles. The molecule has 0 saturated carbocycles. The molecule has 0 aliphatic carbocycles. The Morgan fingerprint density at radius 1 is 0.941 bits per heavy atom. The van der Waals surface area contributed by atoms with E-state index >= 15 is 0 Å². The minimum absolute atomic E-state index is 0.0159. The number of carbonyl (C=O) groups is 2. The molecule has 3 aromatic carbocycles. The van der Waals surface area contributed by atoms with Crippen molar-refractivity contribution in [2.24, 2.45) is 5.10 Å². The zero-order valence-corrected chi connectivity index (χ0v) is 19.0. The maximum absolute atomic E-state index is 12.8. The predicted octanol–water partition coefficient (Wildman–Crippen LogP) is 3.82. The predicted molar refractivity (Wildman–Crippen MR) is 128 cm³/mol. The van der Waals surface area contributed by atoms with Crippen LogP contribution in [0.3, 0.4) is 0 Å². The third-order valence-corrected chi connectivity index (χ3v) is 4.73. The van der Waals surface area contributed by atoms with Gasteiger partial charge in [0.1, 0.15) is 0 Å². The summed E-state index contributed by atoms with van der Waals surface area (Å²) in [6.45, 7) is 2.21. The van der Waals surface area contributed by atoms with Crippen molar-refractivity contribution in [2.45, 2.75) is 6.92 Å². The van der Waals surface area contributed by atoms with Crippen molar-refractivity contribution in [3.8, 4) is 23.0 Å². The topological polar surface area (TPSA) is 118 Å². The maximum Gasteiger partial charge on any atom is 0.273 e. The first-order valence-corrected chi connectivity index (χ1v) is 10.4. The van der Waals surface area contributed by atoms with Gasteiger partial charge in [0.2, 0.25) is 0 Å². The fourth-order valence-electron chi connectivity index (χ4n) is 3.07. The van der Waals surface area contributed by atoms with Crippen LogP contribution in [-0.4, -0.2) is 44.0 Å². The van der Waals surface area contributed by atoms with Crippen molar-refractivity contribution in [2.75, 3.05) is 26.1 Å². The van der Waals surface area contributed by atoms with Gasteiger partial charge in [-0.1, -0.05) is 12.1 Å². The lowest BCUT2D eigenvalue weighted by atomic mass is 10.1. The lowest BCUT2D eigenvalue weighted by molar-refractivity contribution is 0.0956. The van der Waals surface area contributed by atoms with Crippen LogP contribution in [0.1, 0.15) is 33.2 Å². The zero-order chi connectivity index (χ0) is 24.5. The first-order chi connectivity index (χ1) is 16.5. The smallest absolute Gasteiger partial charge is 0.273 e. The van der Waals surface area contributed by atoms with Crippen LogP contribution in [0.4, 0.5) is 5.69 Å². The van der Waals surface area contributed by atoms with Gasteiger partial charge >= 0.3 is 0 Å². The van der Waals surface area contributed by atoms with Gasteiger partial charge in [-0.3, -0.25) is 9.59 Å². The number of nitrogens with zero attached hydrogens (tertiary/aromatic N) is 1. The number of amides is 2. The summed E-state index contributed by atoms with van der Waals surface area (Å²) in [5.41, 5.74) is 3.95. The van der Waals surface area contributed by atoms with Crippen LogP contribution < -0.4 is 25.0 Å². The first kappa shape index (κ1) is 24.1. The van der Waals surface area contributed by atoms with Gasteiger partial charge in [0.15, 0.2) is 23.0 Å². The summed E-state index contributed by atoms with van der Waals surface area (Å²) >= 11 is 0. The summed E-state index contributed by atoms with van der Waals surface area (Å²) in [4.78, 5) is 25.5. The molecule has 0 aliphatic rings. The van der Waals surface area contributed by atoms with Gasteiger partial charge in [0, 0.05) is 5.56 Å². The maximum atomic E-state index is 12.8. The number of aromatic hydroxyl groups is 1. The highest BCUT2D eigenvalue weighted by molar-refractivity contribution is 6.09. The molecule has 176 valence electrons. The summed E-state index contributed by atoms with van der Waals surface area (Å²) in [5.74, 6) is 0.319. The van der Waals surface area contributed by atoms with E-state index in [0.717, 1.165) is 0 Å². The molecule has 0 spiro atoms. The quantitative estimate of drug-likeness (QED) is 0.328. The van der Waals surface area contributed by atoms with Gasteiger partial charge in [-0.05, 0) is 61.0 Å². The van der Waals surface area contributed by atoms with E-state index in [-0.39, 0.29) is 11.3 Å². The number of phenolic OH excluding ortho intramolecular Hbond substituents is 1. The highest BCUT2D eigenvalue weighted by Crippen LogP contribution is 2.28. The number of hydrogen-bond donors (Lipinski definition) is 3. The van der Waals surface area contributed by atoms with Crippen molar-refractivity contribution in [1.82, 2.24) is 5.43 Å². The highest BCUT2D eigenvalue weighted by Gasteiger charge is 2.15. The van der Waals surface area contributed by atoms with Gasteiger partial charge < -0.3 is 24.6 Å². The minimum Gasteiger partial charge on any atom is -0.504 e.